The van der Waals surface area contributed by atoms with Crippen molar-refractivity contribution in [1.82, 2.24) is 29.7 Å². The highest BCUT2D eigenvalue weighted by molar-refractivity contribution is 5.88. The molecule has 4 heterocycles. The number of benzene rings is 1. The van der Waals surface area contributed by atoms with Crippen molar-refractivity contribution in [3.05, 3.63) is 71.1 Å². The predicted molar refractivity (Wildman–Crippen MR) is 128 cm³/mol. The van der Waals surface area contributed by atoms with Crippen molar-refractivity contribution in [2.75, 3.05) is 6.61 Å². The predicted octanol–water partition coefficient (Wildman–Crippen LogP) is 4.42. The van der Waals surface area contributed by atoms with E-state index in [2.05, 4.69) is 20.1 Å². The zero-order chi connectivity index (χ0) is 25.0. The lowest BCUT2D eigenvalue weighted by atomic mass is 9.99. The number of aryl methyl sites for hydroxylation is 2. The van der Waals surface area contributed by atoms with Gasteiger partial charge in [-0.2, -0.15) is 5.10 Å². The molecule has 1 fully saturated rings. The number of halogens is 2. The van der Waals surface area contributed by atoms with Gasteiger partial charge in [0.1, 0.15) is 28.9 Å². The molecular formula is C26H24F2N6O2. The molecule has 0 saturated heterocycles. The van der Waals surface area contributed by atoms with Crippen molar-refractivity contribution < 1.29 is 18.6 Å². The minimum Gasteiger partial charge on any atom is -0.394 e. The van der Waals surface area contributed by atoms with Crippen LogP contribution in [0.3, 0.4) is 0 Å². The Kier molecular flexibility index (Phi) is 5.57. The molecule has 184 valence electrons. The molecule has 1 aromatic carbocycles. The molecule has 8 nitrogen and oxygen atoms in total. The fourth-order valence-corrected chi connectivity index (χ4v) is 4.40. The van der Waals surface area contributed by atoms with Gasteiger partial charge in [-0.05, 0) is 50.5 Å². The van der Waals surface area contributed by atoms with Gasteiger partial charge in [-0.1, -0.05) is 0 Å². The number of ether oxygens (including phenoxy) is 1. The lowest BCUT2D eigenvalue weighted by molar-refractivity contribution is -0.0231. The summed E-state index contributed by atoms with van der Waals surface area (Å²) in [6, 6.07) is 3.78. The Balaban J connectivity index is 1.50. The second-order valence-electron chi connectivity index (χ2n) is 9.33. The van der Waals surface area contributed by atoms with Crippen molar-refractivity contribution in [3.8, 4) is 11.3 Å². The average Bonchev–Trinajstić information content (AvgIpc) is 3.60. The normalized spacial score (nSPS) is 20.1. The Morgan fingerprint density at radius 1 is 1.08 bits per heavy atom. The van der Waals surface area contributed by atoms with Crippen LogP contribution in [0.4, 0.5) is 8.78 Å². The van der Waals surface area contributed by atoms with Crippen LogP contribution in [0.1, 0.15) is 54.2 Å². The van der Waals surface area contributed by atoms with Gasteiger partial charge in [0, 0.05) is 29.8 Å². The summed E-state index contributed by atoms with van der Waals surface area (Å²) in [5.74, 6) is -1.10. The number of aliphatic hydroxyl groups excluding tert-OH is 1. The molecule has 2 aliphatic rings. The minimum atomic E-state index is -0.750. The SMILES string of the molecule is Cc1nc2nc(C3=C[C@H](c4cnn(C5CC5)c4)O[C@H](CO)C3)nc(-c3ccc(F)cc3F)c2nc1C. The van der Waals surface area contributed by atoms with E-state index in [-0.39, 0.29) is 17.9 Å². The number of hydrogen-bond acceptors (Lipinski definition) is 7. The van der Waals surface area contributed by atoms with Crippen LogP contribution in [0.2, 0.25) is 0 Å². The van der Waals surface area contributed by atoms with Crippen molar-refractivity contribution >= 4 is 16.7 Å². The van der Waals surface area contributed by atoms with E-state index in [0.29, 0.717) is 40.8 Å². The van der Waals surface area contributed by atoms with E-state index in [4.69, 9.17) is 9.72 Å². The zero-order valence-corrected chi connectivity index (χ0v) is 19.8. The maximum atomic E-state index is 14.9. The van der Waals surface area contributed by atoms with Crippen molar-refractivity contribution in [2.24, 2.45) is 0 Å². The molecule has 2 atom stereocenters. The third-order valence-corrected chi connectivity index (χ3v) is 6.63. The van der Waals surface area contributed by atoms with Crippen molar-refractivity contribution in [1.29, 1.82) is 0 Å². The molecule has 3 aromatic heterocycles. The maximum absolute atomic E-state index is 14.9. The Hall–Kier alpha value is -3.63. The summed E-state index contributed by atoms with van der Waals surface area (Å²) in [5, 5.41) is 14.4. The molecular weight excluding hydrogens is 466 g/mol. The quantitative estimate of drug-likeness (QED) is 0.442. The fraction of sp³-hybridized carbons (Fsp3) is 0.346. The van der Waals surface area contributed by atoms with Crippen LogP contribution in [-0.4, -0.2) is 47.5 Å². The van der Waals surface area contributed by atoms with Crippen LogP contribution >= 0.6 is 0 Å². The molecule has 0 radical (unpaired) electrons. The Bertz CT molecular complexity index is 1510. The Labute approximate surface area is 205 Å². The largest absolute Gasteiger partial charge is 0.394 e. The molecule has 6 rings (SSSR count). The van der Waals surface area contributed by atoms with Gasteiger partial charge in [0.25, 0.3) is 0 Å². The first-order valence-electron chi connectivity index (χ1n) is 11.9. The molecule has 0 unspecified atom stereocenters. The van der Waals surface area contributed by atoms with Crippen LogP contribution in [0.5, 0.6) is 0 Å². The summed E-state index contributed by atoms with van der Waals surface area (Å²) in [7, 11) is 0. The Morgan fingerprint density at radius 2 is 1.89 bits per heavy atom. The summed E-state index contributed by atoms with van der Waals surface area (Å²) in [6.45, 7) is 3.44. The second kappa shape index (κ2) is 8.79. The number of hydrogen-bond donors (Lipinski definition) is 1. The van der Waals surface area contributed by atoms with Gasteiger partial charge in [0.05, 0.1) is 36.3 Å². The van der Waals surface area contributed by atoms with E-state index in [1.165, 1.54) is 12.1 Å². The second-order valence-corrected chi connectivity index (χ2v) is 9.33. The molecule has 1 N–H and O–H groups in total. The molecule has 0 amide bonds. The van der Waals surface area contributed by atoms with E-state index in [9.17, 15) is 13.9 Å². The van der Waals surface area contributed by atoms with E-state index < -0.39 is 23.8 Å². The Morgan fingerprint density at radius 3 is 2.64 bits per heavy atom. The molecule has 10 heteroatoms. The first-order chi connectivity index (χ1) is 17.4. The fourth-order valence-electron chi connectivity index (χ4n) is 4.40. The molecule has 36 heavy (non-hydrogen) atoms. The van der Waals surface area contributed by atoms with E-state index in [1.54, 1.807) is 13.1 Å². The van der Waals surface area contributed by atoms with Crippen LogP contribution in [-0.2, 0) is 4.74 Å². The summed E-state index contributed by atoms with van der Waals surface area (Å²) >= 11 is 0. The van der Waals surface area contributed by atoms with Gasteiger partial charge in [-0.3, -0.25) is 4.68 Å². The number of rotatable bonds is 5. The van der Waals surface area contributed by atoms with E-state index >= 15 is 0 Å². The van der Waals surface area contributed by atoms with Crippen LogP contribution in [0, 0.1) is 25.5 Å². The van der Waals surface area contributed by atoms with Crippen molar-refractivity contribution in [3.63, 3.8) is 0 Å². The third kappa shape index (κ3) is 4.16. The topological polar surface area (TPSA) is 98.8 Å². The number of nitrogens with zero attached hydrogens (tertiary/aromatic N) is 6. The van der Waals surface area contributed by atoms with Gasteiger partial charge >= 0.3 is 0 Å². The highest BCUT2D eigenvalue weighted by Gasteiger charge is 2.30. The smallest absolute Gasteiger partial charge is 0.182 e. The number of aliphatic hydroxyl groups is 1. The molecule has 0 spiro atoms. The van der Waals surface area contributed by atoms with Crippen LogP contribution < -0.4 is 0 Å². The maximum Gasteiger partial charge on any atom is 0.182 e. The van der Waals surface area contributed by atoms with E-state index in [0.717, 1.165) is 30.0 Å². The van der Waals surface area contributed by atoms with E-state index in [1.807, 2.05) is 23.9 Å². The minimum absolute atomic E-state index is 0.108. The standard InChI is InChI=1S/C26H24F2N6O2/c1-13-14(2)31-26-24(30-13)23(20-6-3-17(27)9-21(20)28)32-25(33-26)15-7-19(12-35)36-22(8-15)16-10-29-34(11-16)18-4-5-18/h3,6,8-11,18-19,22,35H,4-5,7,12H2,1-2H3/t19-,22+/m0/s1. The number of fused-ring (bicyclic) bond motifs is 1. The van der Waals surface area contributed by atoms with Crippen molar-refractivity contribution in [2.45, 2.75) is 51.4 Å². The monoisotopic (exact) mass is 490 g/mol. The highest BCUT2D eigenvalue weighted by Crippen LogP contribution is 2.38. The zero-order valence-electron chi connectivity index (χ0n) is 19.8. The summed E-state index contributed by atoms with van der Waals surface area (Å²) in [4.78, 5) is 18.5. The molecule has 1 aliphatic heterocycles. The first-order valence-corrected chi connectivity index (χ1v) is 11.9. The highest BCUT2D eigenvalue weighted by atomic mass is 19.1. The number of aromatic nitrogens is 6. The summed E-state index contributed by atoms with van der Waals surface area (Å²) in [6.07, 6.45) is 7.30. The molecule has 4 aromatic rings. The molecule has 1 saturated carbocycles. The lowest BCUT2D eigenvalue weighted by Gasteiger charge is -2.27. The van der Waals surface area contributed by atoms with Crippen LogP contribution in [0.15, 0.2) is 36.7 Å². The third-order valence-electron chi connectivity index (χ3n) is 6.63. The molecule has 0 bridgehead atoms. The van der Waals surface area contributed by atoms with Gasteiger partial charge in [0.2, 0.25) is 0 Å². The average molecular weight is 491 g/mol. The van der Waals surface area contributed by atoms with Gasteiger partial charge in [-0.25, -0.2) is 28.7 Å². The molecule has 1 aliphatic carbocycles. The first kappa shape index (κ1) is 22.8. The summed E-state index contributed by atoms with van der Waals surface area (Å²) < 4.78 is 36.6. The summed E-state index contributed by atoms with van der Waals surface area (Å²) in [5.41, 5.74) is 3.95. The van der Waals surface area contributed by atoms with Gasteiger partial charge in [-0.15, -0.1) is 0 Å². The van der Waals surface area contributed by atoms with Gasteiger partial charge in [0.15, 0.2) is 11.5 Å². The lowest BCUT2D eigenvalue weighted by Crippen LogP contribution is -2.25. The van der Waals surface area contributed by atoms with Crippen LogP contribution in [0.25, 0.3) is 28.0 Å². The van der Waals surface area contributed by atoms with Gasteiger partial charge < -0.3 is 9.84 Å².